The van der Waals surface area contributed by atoms with Crippen LogP contribution in [0.5, 0.6) is 0 Å². The van der Waals surface area contributed by atoms with Crippen LogP contribution in [-0.2, 0) is 10.0 Å². The Hall–Kier alpha value is -0.130. The monoisotopic (exact) mass is 262 g/mol. The molecule has 0 aromatic heterocycles. The lowest BCUT2D eigenvalue weighted by molar-refractivity contribution is 0.292. The van der Waals surface area contributed by atoms with Gasteiger partial charge in [-0.25, -0.2) is 8.42 Å². The van der Waals surface area contributed by atoms with E-state index in [1.165, 1.54) is 0 Å². The Labute approximate surface area is 106 Å². The Morgan fingerprint density at radius 2 is 1.88 bits per heavy atom. The molecule has 2 N–H and O–H groups in total. The van der Waals surface area contributed by atoms with Crippen molar-refractivity contribution in [2.24, 2.45) is 11.7 Å². The molecule has 0 spiro atoms. The zero-order chi connectivity index (χ0) is 12.9. The van der Waals surface area contributed by atoms with E-state index in [4.69, 9.17) is 5.73 Å². The van der Waals surface area contributed by atoms with E-state index in [1.807, 2.05) is 0 Å². The van der Waals surface area contributed by atoms with Crippen molar-refractivity contribution in [2.75, 3.05) is 18.8 Å². The molecule has 0 bridgehead atoms. The molecule has 0 aromatic rings. The Kier molecular flexibility index (Phi) is 5.89. The molecular weight excluding hydrogens is 236 g/mol. The fraction of sp³-hybridized carbons (Fsp3) is 1.00. The second-order valence-electron chi connectivity index (χ2n) is 5.36. The van der Waals surface area contributed by atoms with Crippen molar-refractivity contribution < 1.29 is 8.42 Å². The lowest BCUT2D eigenvalue weighted by atomic mass is 10.2. The van der Waals surface area contributed by atoms with E-state index in [0.717, 1.165) is 25.7 Å². The Morgan fingerprint density at radius 1 is 1.29 bits per heavy atom. The van der Waals surface area contributed by atoms with E-state index in [0.29, 0.717) is 25.4 Å². The van der Waals surface area contributed by atoms with E-state index >= 15 is 0 Å². The molecular formula is C12H26N2O2S. The van der Waals surface area contributed by atoms with Crippen molar-refractivity contribution in [3.63, 3.8) is 0 Å². The van der Waals surface area contributed by atoms with Gasteiger partial charge in [0.15, 0.2) is 0 Å². The number of sulfonamides is 1. The third-order valence-electron chi connectivity index (χ3n) is 3.24. The maximum atomic E-state index is 12.3. The summed E-state index contributed by atoms with van der Waals surface area (Å²) in [6.07, 6.45) is 4.92. The zero-order valence-electron chi connectivity index (χ0n) is 11.1. The first kappa shape index (κ1) is 14.9. The SMILES string of the molecule is CC(C)CN(C1CCCC1)S(=O)(=O)CCCN. The summed E-state index contributed by atoms with van der Waals surface area (Å²) in [6.45, 7) is 5.23. The summed E-state index contributed by atoms with van der Waals surface area (Å²) < 4.78 is 26.3. The van der Waals surface area contributed by atoms with Crippen LogP contribution in [0.3, 0.4) is 0 Å². The van der Waals surface area contributed by atoms with Gasteiger partial charge >= 0.3 is 0 Å². The Morgan fingerprint density at radius 3 is 2.35 bits per heavy atom. The molecule has 1 aliphatic rings. The van der Waals surface area contributed by atoms with Crippen molar-refractivity contribution in [1.82, 2.24) is 4.31 Å². The molecule has 102 valence electrons. The van der Waals surface area contributed by atoms with E-state index < -0.39 is 10.0 Å². The van der Waals surface area contributed by atoms with Gasteiger partial charge in [-0.1, -0.05) is 26.7 Å². The van der Waals surface area contributed by atoms with Crippen LogP contribution in [0, 0.1) is 5.92 Å². The highest BCUT2D eigenvalue weighted by Crippen LogP contribution is 2.26. The van der Waals surface area contributed by atoms with Gasteiger partial charge in [0.2, 0.25) is 10.0 Å². The van der Waals surface area contributed by atoms with Crippen LogP contribution >= 0.6 is 0 Å². The first-order valence-electron chi connectivity index (χ1n) is 6.67. The smallest absolute Gasteiger partial charge is 0.214 e. The van der Waals surface area contributed by atoms with Crippen molar-refractivity contribution in [3.8, 4) is 0 Å². The summed E-state index contributed by atoms with van der Waals surface area (Å²) in [5, 5.41) is 0. The number of hydrogen-bond donors (Lipinski definition) is 1. The average molecular weight is 262 g/mol. The van der Waals surface area contributed by atoms with Gasteiger partial charge in [0.05, 0.1) is 5.75 Å². The standard InChI is InChI=1S/C12H26N2O2S/c1-11(2)10-14(12-6-3-4-7-12)17(15,16)9-5-8-13/h11-12H,3-10,13H2,1-2H3. The average Bonchev–Trinajstić information content (AvgIpc) is 2.76. The van der Waals surface area contributed by atoms with E-state index in [-0.39, 0.29) is 11.8 Å². The Bertz CT molecular complexity index is 308. The highest BCUT2D eigenvalue weighted by Gasteiger charge is 2.31. The molecule has 0 aromatic carbocycles. The minimum Gasteiger partial charge on any atom is -0.330 e. The lowest BCUT2D eigenvalue weighted by Crippen LogP contribution is -2.42. The second-order valence-corrected chi connectivity index (χ2v) is 7.40. The molecule has 1 rings (SSSR count). The predicted octanol–water partition coefficient (Wildman–Crippen LogP) is 1.57. The van der Waals surface area contributed by atoms with Crippen molar-refractivity contribution in [3.05, 3.63) is 0 Å². The maximum Gasteiger partial charge on any atom is 0.214 e. The molecule has 0 saturated heterocycles. The fourth-order valence-electron chi connectivity index (χ4n) is 2.42. The summed E-state index contributed by atoms with van der Waals surface area (Å²) >= 11 is 0. The van der Waals surface area contributed by atoms with Gasteiger partial charge in [-0.3, -0.25) is 0 Å². The van der Waals surface area contributed by atoms with Gasteiger partial charge in [-0.2, -0.15) is 4.31 Å². The molecule has 0 heterocycles. The molecule has 1 fully saturated rings. The third-order valence-corrected chi connectivity index (χ3v) is 5.21. The second kappa shape index (κ2) is 6.71. The van der Waals surface area contributed by atoms with Crippen molar-refractivity contribution in [2.45, 2.75) is 52.0 Å². The van der Waals surface area contributed by atoms with Crippen LogP contribution in [0.1, 0.15) is 46.0 Å². The van der Waals surface area contributed by atoms with Gasteiger partial charge in [0, 0.05) is 12.6 Å². The van der Waals surface area contributed by atoms with Crippen LogP contribution in [0.25, 0.3) is 0 Å². The molecule has 4 nitrogen and oxygen atoms in total. The third kappa shape index (κ3) is 4.56. The number of hydrogen-bond acceptors (Lipinski definition) is 3. The van der Waals surface area contributed by atoms with E-state index in [2.05, 4.69) is 13.8 Å². The van der Waals surface area contributed by atoms with Gasteiger partial charge in [-0.15, -0.1) is 0 Å². The normalized spacial score (nSPS) is 18.4. The van der Waals surface area contributed by atoms with Gasteiger partial charge in [0.1, 0.15) is 0 Å². The molecule has 1 saturated carbocycles. The molecule has 0 amide bonds. The zero-order valence-corrected chi connectivity index (χ0v) is 11.9. The fourth-order valence-corrected chi connectivity index (χ4v) is 4.38. The molecule has 1 aliphatic carbocycles. The van der Waals surface area contributed by atoms with Crippen LogP contribution in [0.15, 0.2) is 0 Å². The molecule has 0 atom stereocenters. The van der Waals surface area contributed by atoms with Gasteiger partial charge in [0.25, 0.3) is 0 Å². The topological polar surface area (TPSA) is 63.4 Å². The van der Waals surface area contributed by atoms with Crippen LogP contribution in [-0.4, -0.2) is 37.6 Å². The maximum absolute atomic E-state index is 12.3. The molecule has 17 heavy (non-hydrogen) atoms. The minimum atomic E-state index is -3.11. The first-order valence-corrected chi connectivity index (χ1v) is 8.28. The van der Waals surface area contributed by atoms with Crippen molar-refractivity contribution in [1.29, 1.82) is 0 Å². The van der Waals surface area contributed by atoms with Gasteiger partial charge < -0.3 is 5.73 Å². The van der Waals surface area contributed by atoms with Gasteiger partial charge in [-0.05, 0) is 31.7 Å². The molecule has 0 unspecified atom stereocenters. The van der Waals surface area contributed by atoms with Crippen LogP contribution in [0.2, 0.25) is 0 Å². The predicted molar refractivity (Wildman–Crippen MR) is 71.3 cm³/mol. The highest BCUT2D eigenvalue weighted by atomic mass is 32.2. The number of rotatable bonds is 7. The summed E-state index contributed by atoms with van der Waals surface area (Å²) in [5.41, 5.74) is 5.41. The summed E-state index contributed by atoms with van der Waals surface area (Å²) in [6, 6.07) is 0.236. The van der Waals surface area contributed by atoms with Crippen LogP contribution < -0.4 is 5.73 Å². The summed E-state index contributed by atoms with van der Waals surface area (Å²) in [7, 11) is -3.11. The quantitative estimate of drug-likeness (QED) is 0.757. The molecule has 5 heteroatoms. The number of nitrogens with two attached hydrogens (primary N) is 1. The Balaban J connectivity index is 2.73. The molecule has 0 aliphatic heterocycles. The van der Waals surface area contributed by atoms with Crippen molar-refractivity contribution >= 4 is 10.0 Å². The van der Waals surface area contributed by atoms with E-state index in [9.17, 15) is 8.42 Å². The number of nitrogens with zero attached hydrogens (tertiary/aromatic N) is 1. The van der Waals surface area contributed by atoms with E-state index in [1.54, 1.807) is 4.31 Å². The lowest BCUT2D eigenvalue weighted by Gasteiger charge is -2.29. The highest BCUT2D eigenvalue weighted by molar-refractivity contribution is 7.89. The first-order chi connectivity index (χ1) is 7.97. The van der Waals surface area contributed by atoms with Crippen LogP contribution in [0.4, 0.5) is 0 Å². The summed E-state index contributed by atoms with van der Waals surface area (Å²) in [4.78, 5) is 0. The minimum absolute atomic E-state index is 0.201. The molecule has 0 radical (unpaired) electrons. The largest absolute Gasteiger partial charge is 0.330 e. The summed E-state index contributed by atoms with van der Waals surface area (Å²) in [5.74, 6) is 0.579.